The number of rotatable bonds is 5. The van der Waals surface area contributed by atoms with E-state index in [0.717, 1.165) is 5.56 Å². The van der Waals surface area contributed by atoms with Crippen LogP contribution in [0, 0.1) is 6.92 Å². The van der Waals surface area contributed by atoms with Crippen LogP contribution in [0.4, 0.5) is 0 Å². The highest BCUT2D eigenvalue weighted by molar-refractivity contribution is 5.43. The van der Waals surface area contributed by atoms with Gasteiger partial charge in [-0.05, 0) is 24.6 Å². The molecule has 0 aliphatic carbocycles. The van der Waals surface area contributed by atoms with Crippen LogP contribution in [-0.4, -0.2) is 17.3 Å². The first-order valence-electron chi connectivity index (χ1n) is 5.95. The van der Waals surface area contributed by atoms with Crippen LogP contribution in [0.3, 0.4) is 0 Å². The fraction of sp³-hybridized carbons (Fsp3) is 0.385. The maximum Gasteiger partial charge on any atom is 0.223 e. The highest BCUT2D eigenvalue weighted by Crippen LogP contribution is 2.30. The van der Waals surface area contributed by atoms with Gasteiger partial charge in [0.25, 0.3) is 0 Å². The number of nitrogens with two attached hydrogens (primary N) is 1. The highest BCUT2D eigenvalue weighted by Gasteiger charge is 2.10. The van der Waals surface area contributed by atoms with Crippen molar-refractivity contribution in [3.05, 3.63) is 35.5 Å². The Balaban J connectivity index is 2.11. The molecule has 0 spiro atoms. The summed E-state index contributed by atoms with van der Waals surface area (Å²) >= 11 is 0. The normalized spacial score (nSPS) is 12.2. The summed E-state index contributed by atoms with van der Waals surface area (Å²) in [5, 5.41) is 3.76. The molecule has 0 saturated heterocycles. The lowest BCUT2D eigenvalue weighted by atomic mass is 10.1. The molecule has 2 aromatic rings. The second-order valence-corrected chi connectivity index (χ2v) is 4.22. The van der Waals surface area contributed by atoms with E-state index in [1.165, 1.54) is 0 Å². The van der Waals surface area contributed by atoms with Gasteiger partial charge in [-0.1, -0.05) is 11.2 Å². The van der Waals surface area contributed by atoms with Gasteiger partial charge in [0.05, 0.1) is 7.11 Å². The molecule has 0 bridgehead atoms. The Morgan fingerprint density at radius 1 is 1.37 bits per heavy atom. The summed E-state index contributed by atoms with van der Waals surface area (Å²) < 4.78 is 15.8. The standard InChI is InChI=1S/C13H17N3O3/c1-8(14)10-4-5-11(12(6-10)17-3)18-7-13-15-9(2)19-16-13/h4-6,8H,7,14H2,1-3H3/t8-/m1/s1. The molecular weight excluding hydrogens is 246 g/mol. The smallest absolute Gasteiger partial charge is 0.223 e. The van der Waals surface area contributed by atoms with Gasteiger partial charge in [-0.15, -0.1) is 0 Å². The summed E-state index contributed by atoms with van der Waals surface area (Å²) in [4.78, 5) is 4.06. The summed E-state index contributed by atoms with van der Waals surface area (Å²) in [5.41, 5.74) is 6.81. The lowest BCUT2D eigenvalue weighted by Gasteiger charge is -2.12. The topological polar surface area (TPSA) is 83.4 Å². The summed E-state index contributed by atoms with van der Waals surface area (Å²) in [7, 11) is 1.59. The molecule has 1 heterocycles. The predicted octanol–water partition coefficient (Wildman–Crippen LogP) is 1.99. The minimum absolute atomic E-state index is 0.0530. The average molecular weight is 263 g/mol. The maximum absolute atomic E-state index is 5.83. The van der Waals surface area contributed by atoms with Crippen LogP contribution < -0.4 is 15.2 Å². The van der Waals surface area contributed by atoms with E-state index in [-0.39, 0.29) is 12.6 Å². The van der Waals surface area contributed by atoms with Gasteiger partial charge in [-0.25, -0.2) is 0 Å². The molecule has 6 heteroatoms. The second-order valence-electron chi connectivity index (χ2n) is 4.22. The van der Waals surface area contributed by atoms with Crippen molar-refractivity contribution in [3.8, 4) is 11.5 Å². The van der Waals surface area contributed by atoms with Gasteiger partial charge in [-0.3, -0.25) is 0 Å². The third kappa shape index (κ3) is 3.23. The molecule has 1 atom stereocenters. The molecule has 19 heavy (non-hydrogen) atoms. The molecule has 1 aromatic carbocycles. The van der Waals surface area contributed by atoms with E-state index in [1.54, 1.807) is 14.0 Å². The molecular formula is C13H17N3O3. The Kier molecular flexibility index (Phi) is 4.01. The molecule has 2 N–H and O–H groups in total. The van der Waals surface area contributed by atoms with Crippen LogP contribution in [0.25, 0.3) is 0 Å². The van der Waals surface area contributed by atoms with E-state index in [2.05, 4.69) is 10.1 Å². The predicted molar refractivity (Wildman–Crippen MR) is 69.0 cm³/mol. The van der Waals surface area contributed by atoms with E-state index < -0.39 is 0 Å². The Labute approximate surface area is 111 Å². The van der Waals surface area contributed by atoms with Crippen molar-refractivity contribution in [1.82, 2.24) is 10.1 Å². The lowest BCUT2D eigenvalue weighted by Crippen LogP contribution is -2.06. The molecule has 0 aliphatic rings. The first-order chi connectivity index (χ1) is 9.10. The lowest BCUT2D eigenvalue weighted by molar-refractivity contribution is 0.269. The first kappa shape index (κ1) is 13.4. The highest BCUT2D eigenvalue weighted by atomic mass is 16.5. The molecule has 0 amide bonds. The molecule has 0 fully saturated rings. The minimum atomic E-state index is -0.0530. The average Bonchev–Trinajstić information content (AvgIpc) is 2.81. The van der Waals surface area contributed by atoms with Crippen molar-refractivity contribution >= 4 is 0 Å². The molecule has 102 valence electrons. The largest absolute Gasteiger partial charge is 0.493 e. The first-order valence-corrected chi connectivity index (χ1v) is 5.95. The van der Waals surface area contributed by atoms with Gasteiger partial charge >= 0.3 is 0 Å². The quantitative estimate of drug-likeness (QED) is 0.888. The summed E-state index contributed by atoms with van der Waals surface area (Å²) in [6.07, 6.45) is 0. The Morgan fingerprint density at radius 3 is 2.74 bits per heavy atom. The fourth-order valence-corrected chi connectivity index (χ4v) is 1.63. The zero-order valence-electron chi connectivity index (χ0n) is 11.2. The van der Waals surface area contributed by atoms with Gasteiger partial charge in [0.2, 0.25) is 11.7 Å². The van der Waals surface area contributed by atoms with Crippen molar-refractivity contribution in [2.75, 3.05) is 7.11 Å². The Morgan fingerprint density at radius 2 is 2.16 bits per heavy atom. The fourth-order valence-electron chi connectivity index (χ4n) is 1.63. The van der Waals surface area contributed by atoms with E-state index >= 15 is 0 Å². The van der Waals surface area contributed by atoms with Crippen molar-refractivity contribution in [2.24, 2.45) is 5.73 Å². The third-order valence-electron chi connectivity index (χ3n) is 2.64. The van der Waals surface area contributed by atoms with Crippen LogP contribution in [0.15, 0.2) is 22.7 Å². The number of hydrogen-bond donors (Lipinski definition) is 1. The van der Waals surface area contributed by atoms with Gasteiger partial charge in [0.15, 0.2) is 18.1 Å². The molecule has 0 saturated carbocycles. The summed E-state index contributed by atoms with van der Waals surface area (Å²) in [6, 6.07) is 5.54. The number of methoxy groups -OCH3 is 1. The van der Waals surface area contributed by atoms with Gasteiger partial charge in [-0.2, -0.15) is 4.98 Å². The maximum atomic E-state index is 5.83. The third-order valence-corrected chi connectivity index (χ3v) is 2.64. The molecule has 0 unspecified atom stereocenters. The number of hydrogen-bond acceptors (Lipinski definition) is 6. The second kappa shape index (κ2) is 5.71. The van der Waals surface area contributed by atoms with Crippen molar-refractivity contribution in [1.29, 1.82) is 0 Å². The van der Waals surface area contributed by atoms with E-state index in [0.29, 0.717) is 23.2 Å². The number of nitrogens with zero attached hydrogens (tertiary/aromatic N) is 2. The molecule has 0 radical (unpaired) electrons. The van der Waals surface area contributed by atoms with Gasteiger partial charge in [0, 0.05) is 13.0 Å². The van der Waals surface area contributed by atoms with Crippen LogP contribution in [0.1, 0.15) is 30.2 Å². The minimum Gasteiger partial charge on any atom is -0.493 e. The molecule has 2 rings (SSSR count). The van der Waals surface area contributed by atoms with Crippen molar-refractivity contribution in [3.63, 3.8) is 0 Å². The van der Waals surface area contributed by atoms with Gasteiger partial charge in [0.1, 0.15) is 0 Å². The van der Waals surface area contributed by atoms with E-state index in [1.807, 2.05) is 25.1 Å². The number of aromatic nitrogens is 2. The zero-order chi connectivity index (χ0) is 13.8. The monoisotopic (exact) mass is 263 g/mol. The number of aryl methyl sites for hydroxylation is 1. The number of ether oxygens (including phenoxy) is 2. The van der Waals surface area contributed by atoms with Crippen molar-refractivity contribution in [2.45, 2.75) is 26.5 Å². The van der Waals surface area contributed by atoms with Crippen LogP contribution >= 0.6 is 0 Å². The summed E-state index contributed by atoms with van der Waals surface area (Å²) in [5.74, 6) is 2.26. The van der Waals surface area contributed by atoms with Gasteiger partial charge < -0.3 is 19.7 Å². The van der Waals surface area contributed by atoms with E-state index in [9.17, 15) is 0 Å². The van der Waals surface area contributed by atoms with E-state index in [4.69, 9.17) is 19.7 Å². The summed E-state index contributed by atoms with van der Waals surface area (Å²) in [6.45, 7) is 3.87. The SMILES string of the molecule is COc1cc([C@@H](C)N)ccc1OCc1noc(C)n1. The Hall–Kier alpha value is -2.08. The molecule has 6 nitrogen and oxygen atoms in total. The zero-order valence-corrected chi connectivity index (χ0v) is 11.2. The number of benzene rings is 1. The molecule has 1 aromatic heterocycles. The van der Waals surface area contributed by atoms with Crippen LogP contribution in [0.5, 0.6) is 11.5 Å². The van der Waals surface area contributed by atoms with Crippen LogP contribution in [-0.2, 0) is 6.61 Å². The van der Waals surface area contributed by atoms with Crippen molar-refractivity contribution < 1.29 is 14.0 Å². The Bertz CT molecular complexity index is 552. The van der Waals surface area contributed by atoms with Crippen LogP contribution in [0.2, 0.25) is 0 Å². The molecule has 0 aliphatic heterocycles.